The summed E-state index contributed by atoms with van der Waals surface area (Å²) in [6.45, 7) is 0. The summed E-state index contributed by atoms with van der Waals surface area (Å²) in [6.07, 6.45) is 1.70. The van der Waals surface area contributed by atoms with Crippen LogP contribution in [0.1, 0.15) is 56.8 Å². The molecule has 1 fully saturated rings. The van der Waals surface area contributed by atoms with E-state index in [1.54, 1.807) is 24.3 Å². The number of hydrogen-bond acceptors (Lipinski definition) is 6. The van der Waals surface area contributed by atoms with Crippen LogP contribution >= 0.6 is 0 Å². The van der Waals surface area contributed by atoms with Crippen LogP contribution in [0.25, 0.3) is 0 Å². The summed E-state index contributed by atoms with van der Waals surface area (Å²) < 4.78 is 0. The number of carbonyl (C=O) groups excluding carboxylic acids is 1. The third kappa shape index (κ3) is 8.47. The van der Waals surface area contributed by atoms with E-state index in [0.29, 0.717) is 5.56 Å². The number of rotatable bonds is 7. The molecule has 0 spiro atoms. The van der Waals surface area contributed by atoms with Crippen molar-refractivity contribution in [2.75, 3.05) is 0 Å². The smallest absolute Gasteiger partial charge is 0.336 e. The molecular formula is C19H27NO8. The number of carboxylic acids is 2. The molecule has 1 atom stereocenters. The number of carboxylic acid groups (broad SMARTS) is 2. The van der Waals surface area contributed by atoms with Crippen molar-refractivity contribution in [2.45, 2.75) is 62.9 Å². The molecule has 1 aliphatic carbocycles. The van der Waals surface area contributed by atoms with Crippen molar-refractivity contribution >= 4 is 17.8 Å². The minimum absolute atomic E-state index is 0.0101. The van der Waals surface area contributed by atoms with E-state index in [4.69, 9.17) is 20.4 Å². The topological polar surface area (TPSA) is 164 Å². The lowest BCUT2D eigenvalue weighted by atomic mass is 9.93. The Morgan fingerprint density at radius 1 is 1.00 bits per heavy atom. The van der Waals surface area contributed by atoms with Crippen LogP contribution in [0.15, 0.2) is 30.3 Å². The quantitative estimate of drug-likeness (QED) is 0.367. The number of carbonyl (C=O) groups is 3. The van der Waals surface area contributed by atoms with Gasteiger partial charge in [0.2, 0.25) is 5.91 Å². The Bertz CT molecular complexity index is 643. The highest BCUT2D eigenvalue weighted by Gasteiger charge is 2.41. The summed E-state index contributed by atoms with van der Waals surface area (Å²) in [5, 5.41) is 46.9. The van der Waals surface area contributed by atoms with Crippen molar-refractivity contribution in [1.82, 2.24) is 5.32 Å². The lowest BCUT2D eigenvalue weighted by Gasteiger charge is -2.25. The summed E-state index contributed by atoms with van der Waals surface area (Å²) in [7, 11) is 0. The number of aliphatic hydroxyl groups is 3. The van der Waals surface area contributed by atoms with E-state index in [1.807, 2.05) is 6.07 Å². The van der Waals surface area contributed by atoms with E-state index < -0.39 is 42.6 Å². The number of aliphatic hydroxyl groups excluding tert-OH is 1. The summed E-state index contributed by atoms with van der Waals surface area (Å²) in [6, 6.07) is 8.65. The van der Waals surface area contributed by atoms with Crippen molar-refractivity contribution in [2.24, 2.45) is 0 Å². The van der Waals surface area contributed by atoms with Crippen molar-refractivity contribution in [3.8, 4) is 0 Å². The van der Waals surface area contributed by atoms with Gasteiger partial charge >= 0.3 is 11.9 Å². The third-order valence-electron chi connectivity index (χ3n) is 4.36. The molecule has 9 heteroatoms. The van der Waals surface area contributed by atoms with Crippen LogP contribution in [0, 0.1) is 0 Å². The first-order valence-electron chi connectivity index (χ1n) is 9.02. The molecule has 1 aromatic rings. The molecule has 1 unspecified atom stereocenters. The first kappa shape index (κ1) is 23.5. The van der Waals surface area contributed by atoms with E-state index in [0.717, 1.165) is 32.1 Å². The number of benzene rings is 1. The maximum Gasteiger partial charge on any atom is 0.336 e. The molecule has 0 saturated heterocycles. The van der Waals surface area contributed by atoms with Gasteiger partial charge in [-0.05, 0) is 12.8 Å². The van der Waals surface area contributed by atoms with Gasteiger partial charge in [0.1, 0.15) is 0 Å². The van der Waals surface area contributed by atoms with Crippen molar-refractivity contribution < 1.29 is 39.9 Å². The molecule has 1 aromatic carbocycles. The fraction of sp³-hybridized carbons (Fsp3) is 0.526. The minimum atomic E-state index is -2.55. The van der Waals surface area contributed by atoms with Gasteiger partial charge in [-0.3, -0.25) is 9.59 Å². The second kappa shape index (κ2) is 11.4. The summed E-state index contributed by atoms with van der Waals surface area (Å²) in [5.74, 6) is -3.79. The zero-order valence-corrected chi connectivity index (χ0v) is 15.5. The summed E-state index contributed by atoms with van der Waals surface area (Å²) in [5.41, 5.74) is -2.03. The van der Waals surface area contributed by atoms with Gasteiger partial charge in [0.15, 0.2) is 11.9 Å². The number of aliphatic carboxylic acids is 2. The van der Waals surface area contributed by atoms with Crippen LogP contribution in [0.2, 0.25) is 0 Å². The molecule has 1 saturated carbocycles. The van der Waals surface area contributed by atoms with E-state index in [-0.39, 0.29) is 6.04 Å². The molecule has 0 bridgehead atoms. The Morgan fingerprint density at radius 2 is 1.57 bits per heavy atom. The van der Waals surface area contributed by atoms with Gasteiger partial charge in [-0.2, -0.15) is 0 Å². The van der Waals surface area contributed by atoms with Crippen LogP contribution in [-0.4, -0.2) is 55.0 Å². The van der Waals surface area contributed by atoms with Crippen LogP contribution < -0.4 is 5.32 Å². The van der Waals surface area contributed by atoms with Crippen LogP contribution in [0.3, 0.4) is 0 Å². The molecule has 0 aliphatic heterocycles. The van der Waals surface area contributed by atoms with Gasteiger partial charge in [-0.15, -0.1) is 0 Å². The minimum Gasteiger partial charge on any atom is -0.481 e. The molecule has 28 heavy (non-hydrogen) atoms. The molecule has 1 aliphatic rings. The summed E-state index contributed by atoms with van der Waals surface area (Å²) in [4.78, 5) is 33.1. The van der Waals surface area contributed by atoms with Gasteiger partial charge in [0.25, 0.3) is 0 Å². The van der Waals surface area contributed by atoms with Crippen molar-refractivity contribution in [1.29, 1.82) is 0 Å². The Balaban J connectivity index is 0.000000362. The molecule has 6 N–H and O–H groups in total. The predicted molar refractivity (Wildman–Crippen MR) is 98.1 cm³/mol. The maximum absolute atomic E-state index is 11.7. The lowest BCUT2D eigenvalue weighted by molar-refractivity contribution is -0.167. The zero-order valence-electron chi connectivity index (χ0n) is 15.5. The average molecular weight is 397 g/mol. The van der Waals surface area contributed by atoms with E-state index >= 15 is 0 Å². The first-order chi connectivity index (χ1) is 13.1. The molecule has 2 rings (SSSR count). The Labute approximate surface area is 162 Å². The number of amides is 1. The first-order valence-corrected chi connectivity index (χ1v) is 9.02. The Morgan fingerprint density at radius 3 is 2.00 bits per heavy atom. The highest BCUT2D eigenvalue weighted by Crippen LogP contribution is 2.20. The second-order valence-corrected chi connectivity index (χ2v) is 6.77. The highest BCUT2D eigenvalue weighted by molar-refractivity contribution is 5.90. The van der Waals surface area contributed by atoms with E-state index in [1.165, 1.54) is 0 Å². The Kier molecular flexibility index (Phi) is 9.57. The van der Waals surface area contributed by atoms with Crippen molar-refractivity contribution in [3.05, 3.63) is 35.9 Å². The molecule has 1 amide bonds. The fourth-order valence-electron chi connectivity index (χ4n) is 2.88. The zero-order chi connectivity index (χ0) is 21.2. The molecule has 9 nitrogen and oxygen atoms in total. The fourth-order valence-corrected chi connectivity index (χ4v) is 2.88. The monoisotopic (exact) mass is 397 g/mol. The predicted octanol–water partition coefficient (Wildman–Crippen LogP) is 0.786. The third-order valence-corrected chi connectivity index (χ3v) is 4.36. The van der Waals surface area contributed by atoms with Crippen LogP contribution in [0.5, 0.6) is 0 Å². The van der Waals surface area contributed by atoms with Gasteiger partial charge in [0.05, 0.1) is 12.8 Å². The van der Waals surface area contributed by atoms with Gasteiger partial charge in [0, 0.05) is 11.6 Å². The van der Waals surface area contributed by atoms with E-state index in [2.05, 4.69) is 5.32 Å². The van der Waals surface area contributed by atoms with Crippen molar-refractivity contribution in [3.63, 3.8) is 0 Å². The molecule has 0 heterocycles. The molecule has 156 valence electrons. The molecule has 0 aromatic heterocycles. The SMILES string of the molecule is O=C(O)CC(O)(CC(=O)NC1CCCCC1)C(=O)O.OC(O)c1ccccc1. The maximum atomic E-state index is 11.7. The van der Waals surface area contributed by atoms with E-state index in [9.17, 15) is 19.5 Å². The number of hydrogen-bond donors (Lipinski definition) is 6. The van der Waals surface area contributed by atoms with Crippen LogP contribution in [0.4, 0.5) is 0 Å². The molecular weight excluding hydrogens is 370 g/mol. The van der Waals surface area contributed by atoms with Gasteiger partial charge in [-0.1, -0.05) is 49.6 Å². The number of nitrogens with one attached hydrogen (secondary N) is 1. The highest BCUT2D eigenvalue weighted by atomic mass is 16.5. The lowest BCUT2D eigenvalue weighted by Crippen LogP contribution is -2.47. The summed E-state index contributed by atoms with van der Waals surface area (Å²) >= 11 is 0. The Hall–Kier alpha value is -2.49. The largest absolute Gasteiger partial charge is 0.481 e. The standard InChI is InChI=1S/C12H19NO6.C7H8O2/c14-9(13-8-4-2-1-3-5-8)6-12(19,11(17)18)7-10(15)16;8-7(9)6-4-2-1-3-5-6/h8,19H,1-7H2,(H,13,14)(H,15,16)(H,17,18);1-5,7-9H. The molecule has 0 radical (unpaired) electrons. The second-order valence-electron chi connectivity index (χ2n) is 6.77. The normalized spacial score (nSPS) is 16.4. The van der Waals surface area contributed by atoms with Gasteiger partial charge in [-0.25, -0.2) is 4.79 Å². The van der Waals surface area contributed by atoms with Gasteiger partial charge < -0.3 is 30.8 Å². The average Bonchev–Trinajstić information content (AvgIpc) is 2.62. The van der Waals surface area contributed by atoms with Crippen LogP contribution in [-0.2, 0) is 14.4 Å².